The summed E-state index contributed by atoms with van der Waals surface area (Å²) < 4.78 is 2.09. The minimum Gasteiger partial charge on any atom is -0.337 e. The zero-order valence-corrected chi connectivity index (χ0v) is 16.8. The Labute approximate surface area is 163 Å². The highest BCUT2D eigenvalue weighted by atomic mass is 32.1. The summed E-state index contributed by atoms with van der Waals surface area (Å²) >= 11 is 1.67. The number of carbonyl (C=O) groups is 1. The molecule has 142 valence electrons. The highest BCUT2D eigenvalue weighted by molar-refractivity contribution is 7.15. The Bertz CT molecular complexity index is 1010. The van der Waals surface area contributed by atoms with Gasteiger partial charge in [0.2, 0.25) is 0 Å². The summed E-state index contributed by atoms with van der Waals surface area (Å²) in [5.41, 5.74) is 9.65. The van der Waals surface area contributed by atoms with Crippen LogP contribution in [0.25, 0.3) is 21.7 Å². The zero-order chi connectivity index (χ0) is 19.1. The lowest BCUT2D eigenvalue weighted by Gasteiger charge is -2.30. The fourth-order valence-corrected chi connectivity index (χ4v) is 4.83. The van der Waals surface area contributed by atoms with E-state index in [9.17, 15) is 4.79 Å². The molecule has 27 heavy (non-hydrogen) atoms. The second-order valence-corrected chi connectivity index (χ2v) is 8.42. The van der Waals surface area contributed by atoms with Crippen LogP contribution in [0.4, 0.5) is 0 Å². The van der Waals surface area contributed by atoms with Gasteiger partial charge in [0.15, 0.2) is 5.82 Å². The number of nitrogens with two attached hydrogens (primary N) is 1. The first-order valence-corrected chi connectivity index (χ1v) is 10.3. The van der Waals surface area contributed by atoms with Gasteiger partial charge in [-0.3, -0.25) is 4.79 Å². The Morgan fingerprint density at radius 3 is 2.93 bits per heavy atom. The molecule has 1 aliphatic rings. The maximum absolute atomic E-state index is 12.9. The summed E-state index contributed by atoms with van der Waals surface area (Å²) in [6.45, 7) is 5.54. The van der Waals surface area contributed by atoms with E-state index >= 15 is 0 Å². The maximum atomic E-state index is 12.9. The second kappa shape index (κ2) is 7.05. The smallest absolute Gasteiger partial charge is 0.253 e. The lowest BCUT2D eigenvalue weighted by molar-refractivity contribution is 0.0709. The predicted molar refractivity (Wildman–Crippen MR) is 109 cm³/mol. The fourth-order valence-electron chi connectivity index (χ4n) is 3.80. The Hall–Kier alpha value is -2.25. The molecule has 1 aliphatic heterocycles. The van der Waals surface area contributed by atoms with Crippen LogP contribution >= 0.6 is 11.3 Å². The summed E-state index contributed by atoms with van der Waals surface area (Å²) in [6, 6.07) is 5.87. The van der Waals surface area contributed by atoms with Crippen molar-refractivity contribution < 1.29 is 4.79 Å². The molecule has 0 spiro atoms. The van der Waals surface area contributed by atoms with E-state index in [0.29, 0.717) is 12.1 Å². The van der Waals surface area contributed by atoms with Crippen LogP contribution in [0.5, 0.6) is 0 Å². The Morgan fingerprint density at radius 1 is 1.37 bits per heavy atom. The van der Waals surface area contributed by atoms with Crippen molar-refractivity contribution in [2.45, 2.75) is 39.2 Å². The SMILES string of the molecule is CCc1nc(C)sc1-c1nc2cc(C(=O)N3CCC[C@@H](N)C3)ccc2n1C. The van der Waals surface area contributed by atoms with Gasteiger partial charge in [-0.2, -0.15) is 0 Å². The molecule has 0 bridgehead atoms. The van der Waals surface area contributed by atoms with E-state index in [1.165, 1.54) is 0 Å². The topological polar surface area (TPSA) is 77.0 Å². The Kier molecular flexibility index (Phi) is 4.74. The van der Waals surface area contributed by atoms with Gasteiger partial charge in [-0.05, 0) is 44.4 Å². The molecule has 6 nitrogen and oxygen atoms in total. The van der Waals surface area contributed by atoms with Crippen LogP contribution in [-0.4, -0.2) is 44.5 Å². The number of fused-ring (bicyclic) bond motifs is 1. The fraction of sp³-hybridized carbons (Fsp3) is 0.450. The zero-order valence-electron chi connectivity index (χ0n) is 16.0. The van der Waals surface area contributed by atoms with Gasteiger partial charge in [-0.25, -0.2) is 9.97 Å². The van der Waals surface area contributed by atoms with Crippen LogP contribution in [0.2, 0.25) is 0 Å². The van der Waals surface area contributed by atoms with E-state index in [1.807, 2.05) is 37.1 Å². The van der Waals surface area contributed by atoms with Gasteiger partial charge in [0.1, 0.15) is 0 Å². The number of aryl methyl sites for hydroxylation is 3. The molecule has 2 N–H and O–H groups in total. The average Bonchev–Trinajstić information content (AvgIpc) is 3.20. The van der Waals surface area contributed by atoms with Gasteiger partial charge in [-0.1, -0.05) is 6.92 Å². The number of piperidine rings is 1. The molecule has 0 unspecified atom stereocenters. The van der Waals surface area contributed by atoms with E-state index < -0.39 is 0 Å². The molecule has 3 heterocycles. The molecule has 0 aliphatic carbocycles. The predicted octanol–water partition coefficient (Wildman–Crippen LogP) is 3.13. The van der Waals surface area contributed by atoms with Crippen molar-refractivity contribution in [3.8, 4) is 10.7 Å². The van der Waals surface area contributed by atoms with Crippen molar-refractivity contribution >= 4 is 28.3 Å². The van der Waals surface area contributed by atoms with Crippen molar-refractivity contribution in [3.05, 3.63) is 34.5 Å². The first-order chi connectivity index (χ1) is 13.0. The van der Waals surface area contributed by atoms with Gasteiger partial charge in [0.25, 0.3) is 5.91 Å². The van der Waals surface area contributed by atoms with E-state index in [0.717, 1.165) is 58.2 Å². The number of thiazole rings is 1. The van der Waals surface area contributed by atoms with Crippen LogP contribution in [0.1, 0.15) is 40.8 Å². The van der Waals surface area contributed by atoms with Gasteiger partial charge in [0, 0.05) is 31.7 Å². The number of hydrogen-bond donors (Lipinski definition) is 1. The normalized spacial score (nSPS) is 17.6. The van der Waals surface area contributed by atoms with Gasteiger partial charge >= 0.3 is 0 Å². The lowest BCUT2D eigenvalue weighted by atomic mass is 10.1. The minimum atomic E-state index is 0.0436. The number of aromatic nitrogens is 3. The molecule has 1 atom stereocenters. The summed E-state index contributed by atoms with van der Waals surface area (Å²) in [6.07, 6.45) is 2.83. The molecule has 4 rings (SSSR count). The Morgan fingerprint density at radius 2 is 2.19 bits per heavy atom. The lowest BCUT2D eigenvalue weighted by Crippen LogP contribution is -2.45. The summed E-state index contributed by atoms with van der Waals surface area (Å²) in [5, 5.41) is 1.05. The van der Waals surface area contributed by atoms with Crippen LogP contribution in [0.15, 0.2) is 18.2 Å². The molecular weight excluding hydrogens is 358 g/mol. The molecule has 2 aromatic heterocycles. The summed E-state index contributed by atoms with van der Waals surface area (Å²) in [4.78, 5) is 25.3. The molecular formula is C20H25N5OS. The van der Waals surface area contributed by atoms with Crippen LogP contribution in [-0.2, 0) is 13.5 Å². The molecule has 0 saturated carbocycles. The Balaban J connectivity index is 1.72. The van der Waals surface area contributed by atoms with Crippen LogP contribution in [0.3, 0.4) is 0 Å². The van der Waals surface area contributed by atoms with E-state index in [1.54, 1.807) is 11.3 Å². The molecule has 1 saturated heterocycles. The van der Waals surface area contributed by atoms with Gasteiger partial charge in [-0.15, -0.1) is 11.3 Å². The maximum Gasteiger partial charge on any atom is 0.253 e. The number of nitrogens with zero attached hydrogens (tertiary/aromatic N) is 4. The molecule has 0 radical (unpaired) electrons. The summed E-state index contributed by atoms with van der Waals surface area (Å²) in [5.74, 6) is 0.958. The van der Waals surface area contributed by atoms with E-state index in [2.05, 4.69) is 16.5 Å². The third kappa shape index (κ3) is 3.26. The van der Waals surface area contributed by atoms with E-state index in [-0.39, 0.29) is 11.9 Å². The highest BCUT2D eigenvalue weighted by Gasteiger charge is 2.23. The third-order valence-corrected chi connectivity index (χ3v) is 6.22. The largest absolute Gasteiger partial charge is 0.337 e. The number of carbonyl (C=O) groups excluding carboxylic acids is 1. The number of amides is 1. The standard InChI is InChI=1S/C20H25N5OS/c1-4-15-18(27-12(2)22-15)19-23-16-10-13(7-8-17(16)24(19)3)20(26)25-9-5-6-14(21)11-25/h7-8,10,14H,4-6,9,11,21H2,1-3H3/t14-/m1/s1. The molecule has 3 aromatic rings. The number of likely N-dealkylation sites (tertiary alicyclic amines) is 1. The number of benzene rings is 1. The first-order valence-electron chi connectivity index (χ1n) is 9.46. The second-order valence-electron chi connectivity index (χ2n) is 7.21. The minimum absolute atomic E-state index is 0.0436. The first kappa shape index (κ1) is 18.1. The quantitative estimate of drug-likeness (QED) is 0.754. The van der Waals surface area contributed by atoms with Crippen molar-refractivity contribution in [1.29, 1.82) is 0 Å². The van der Waals surface area contributed by atoms with Crippen LogP contribution < -0.4 is 5.73 Å². The van der Waals surface area contributed by atoms with Crippen LogP contribution in [0, 0.1) is 6.92 Å². The van der Waals surface area contributed by atoms with Crippen molar-refractivity contribution in [1.82, 2.24) is 19.4 Å². The average molecular weight is 384 g/mol. The summed E-state index contributed by atoms with van der Waals surface area (Å²) in [7, 11) is 2.02. The van der Waals surface area contributed by atoms with E-state index in [4.69, 9.17) is 10.7 Å². The number of rotatable bonds is 3. The molecule has 1 fully saturated rings. The van der Waals surface area contributed by atoms with Crippen molar-refractivity contribution in [2.75, 3.05) is 13.1 Å². The molecule has 1 amide bonds. The van der Waals surface area contributed by atoms with Gasteiger partial charge in [0.05, 0.1) is 26.6 Å². The third-order valence-electron chi connectivity index (χ3n) is 5.22. The molecule has 1 aromatic carbocycles. The number of hydrogen-bond acceptors (Lipinski definition) is 5. The number of imidazole rings is 1. The monoisotopic (exact) mass is 383 g/mol. The van der Waals surface area contributed by atoms with Crippen molar-refractivity contribution in [2.24, 2.45) is 12.8 Å². The van der Waals surface area contributed by atoms with Crippen molar-refractivity contribution in [3.63, 3.8) is 0 Å². The van der Waals surface area contributed by atoms with Gasteiger partial charge < -0.3 is 15.2 Å². The highest BCUT2D eigenvalue weighted by Crippen LogP contribution is 2.32. The molecule has 7 heteroatoms.